The Morgan fingerprint density at radius 2 is 2.00 bits per heavy atom. The Morgan fingerprint density at radius 3 is 2.80 bits per heavy atom. The fraction of sp³-hybridized carbons (Fsp3) is 0.667. The van der Waals surface area contributed by atoms with Crippen LogP contribution in [-0.2, 0) is 19.5 Å². The summed E-state index contributed by atoms with van der Waals surface area (Å²) in [7, 11) is 0. The van der Waals surface area contributed by atoms with Crippen LogP contribution in [-0.4, -0.2) is 30.8 Å². The van der Waals surface area contributed by atoms with E-state index in [0.717, 1.165) is 54.8 Å². The number of nitrogens with one attached hydrogen (secondary N) is 1. The average molecular weight is 339 g/mol. The molecular formula is C18H25N7. The number of anilines is 1. The van der Waals surface area contributed by atoms with Crippen LogP contribution >= 0.6 is 0 Å². The highest BCUT2D eigenvalue weighted by atomic mass is 15.3. The zero-order chi connectivity index (χ0) is 16.8. The van der Waals surface area contributed by atoms with Gasteiger partial charge in [0.15, 0.2) is 5.82 Å². The van der Waals surface area contributed by atoms with Gasteiger partial charge in [-0.1, -0.05) is 0 Å². The summed E-state index contributed by atoms with van der Waals surface area (Å²) in [5, 5.41) is 12.2. The van der Waals surface area contributed by atoms with Crippen LogP contribution in [0.3, 0.4) is 0 Å². The molecule has 0 atom stereocenters. The third kappa shape index (κ3) is 3.01. The lowest BCUT2D eigenvalue weighted by Gasteiger charge is -2.32. The Hall–Kier alpha value is -2.02. The van der Waals surface area contributed by atoms with Crippen molar-refractivity contribution in [2.24, 2.45) is 5.73 Å². The lowest BCUT2D eigenvalue weighted by molar-refractivity contribution is 0.344. The van der Waals surface area contributed by atoms with E-state index < -0.39 is 0 Å². The normalized spacial score (nSPS) is 25.3. The lowest BCUT2D eigenvalue weighted by Crippen LogP contribution is -2.35. The van der Waals surface area contributed by atoms with Crippen molar-refractivity contribution in [1.82, 2.24) is 24.7 Å². The van der Waals surface area contributed by atoms with E-state index >= 15 is 0 Å². The van der Waals surface area contributed by atoms with Crippen molar-refractivity contribution >= 4 is 5.82 Å². The van der Waals surface area contributed by atoms with E-state index in [2.05, 4.69) is 26.1 Å². The Balaban J connectivity index is 1.35. The predicted molar refractivity (Wildman–Crippen MR) is 94.2 cm³/mol. The fourth-order valence-corrected chi connectivity index (χ4v) is 3.88. The number of aromatic nitrogens is 5. The molecule has 0 spiro atoms. The largest absolute Gasteiger partial charge is 0.363 e. The quantitative estimate of drug-likeness (QED) is 0.866. The van der Waals surface area contributed by atoms with Gasteiger partial charge in [0, 0.05) is 42.6 Å². The molecule has 3 aliphatic rings. The number of hydrogen-bond acceptors (Lipinski definition) is 6. The van der Waals surface area contributed by atoms with Crippen molar-refractivity contribution in [2.75, 3.05) is 5.32 Å². The monoisotopic (exact) mass is 339 g/mol. The molecule has 2 aliphatic carbocycles. The molecule has 3 heterocycles. The van der Waals surface area contributed by atoms with Crippen molar-refractivity contribution in [1.29, 1.82) is 0 Å². The number of rotatable bonds is 5. The smallest absolute Gasteiger partial charge is 0.152 e. The summed E-state index contributed by atoms with van der Waals surface area (Å²) >= 11 is 0. The maximum Gasteiger partial charge on any atom is 0.152 e. The van der Waals surface area contributed by atoms with Crippen LogP contribution < -0.4 is 11.1 Å². The molecule has 0 saturated heterocycles. The summed E-state index contributed by atoms with van der Waals surface area (Å²) < 4.78 is 2.26. The van der Waals surface area contributed by atoms with Crippen molar-refractivity contribution < 1.29 is 0 Å². The summed E-state index contributed by atoms with van der Waals surface area (Å²) in [4.78, 5) is 9.58. The van der Waals surface area contributed by atoms with Crippen LogP contribution in [0.1, 0.15) is 73.5 Å². The van der Waals surface area contributed by atoms with E-state index in [0.29, 0.717) is 24.4 Å². The zero-order valence-corrected chi connectivity index (χ0v) is 14.5. The average Bonchev–Trinajstić information content (AvgIpc) is 3.38. The molecule has 2 fully saturated rings. The van der Waals surface area contributed by atoms with Gasteiger partial charge in [-0.05, 0) is 38.5 Å². The van der Waals surface area contributed by atoms with Gasteiger partial charge in [-0.25, -0.2) is 9.97 Å². The molecule has 2 saturated carbocycles. The fourth-order valence-electron chi connectivity index (χ4n) is 3.88. The van der Waals surface area contributed by atoms with Gasteiger partial charge in [0.1, 0.15) is 17.5 Å². The highest BCUT2D eigenvalue weighted by Crippen LogP contribution is 2.41. The first-order valence-corrected chi connectivity index (χ1v) is 9.55. The number of hydrogen-bond donors (Lipinski definition) is 2. The Kier molecular flexibility index (Phi) is 3.69. The highest BCUT2D eigenvalue weighted by Gasteiger charge is 2.32. The van der Waals surface area contributed by atoms with Crippen molar-refractivity contribution in [3.05, 3.63) is 29.2 Å². The molecule has 1 aliphatic heterocycles. The number of nitrogens with two attached hydrogens (primary N) is 1. The summed E-state index contributed by atoms with van der Waals surface area (Å²) in [6.07, 6.45) is 7.98. The maximum absolute atomic E-state index is 5.97. The SMILES string of the molecule is NC1CC(c2cc(NCc3nnc4n3CCCC4)nc(C3CC3)n2)C1. The van der Waals surface area contributed by atoms with Crippen LogP contribution in [0.15, 0.2) is 6.07 Å². The molecule has 3 N–H and O–H groups in total. The first-order chi connectivity index (χ1) is 12.3. The highest BCUT2D eigenvalue weighted by molar-refractivity contribution is 5.39. The molecule has 132 valence electrons. The van der Waals surface area contributed by atoms with E-state index in [-0.39, 0.29) is 0 Å². The van der Waals surface area contributed by atoms with Crippen LogP contribution in [0.2, 0.25) is 0 Å². The summed E-state index contributed by atoms with van der Waals surface area (Å²) in [6, 6.07) is 2.44. The van der Waals surface area contributed by atoms with Crippen molar-refractivity contribution in [3.8, 4) is 0 Å². The molecule has 7 nitrogen and oxygen atoms in total. The molecule has 5 rings (SSSR count). The molecular weight excluding hydrogens is 314 g/mol. The van der Waals surface area contributed by atoms with Gasteiger partial charge in [-0.15, -0.1) is 10.2 Å². The summed E-state index contributed by atoms with van der Waals surface area (Å²) in [5.74, 6) is 5.10. The van der Waals surface area contributed by atoms with Crippen molar-refractivity contribution in [3.63, 3.8) is 0 Å². The summed E-state index contributed by atoms with van der Waals surface area (Å²) in [5.41, 5.74) is 7.12. The van der Waals surface area contributed by atoms with Gasteiger partial charge in [0.2, 0.25) is 0 Å². The molecule has 2 aromatic rings. The Bertz CT molecular complexity index is 774. The van der Waals surface area contributed by atoms with Gasteiger partial charge < -0.3 is 15.6 Å². The molecule has 2 aromatic heterocycles. The van der Waals surface area contributed by atoms with Crippen LogP contribution in [0, 0.1) is 0 Å². The third-order valence-electron chi connectivity index (χ3n) is 5.66. The molecule has 0 bridgehead atoms. The van der Waals surface area contributed by atoms with E-state index in [4.69, 9.17) is 15.7 Å². The Labute approximate surface area is 147 Å². The van der Waals surface area contributed by atoms with E-state index in [9.17, 15) is 0 Å². The molecule has 0 radical (unpaired) electrons. The molecule has 0 aromatic carbocycles. The second-order valence-corrected chi connectivity index (χ2v) is 7.73. The van der Waals surface area contributed by atoms with Gasteiger partial charge in [0.05, 0.1) is 6.54 Å². The zero-order valence-electron chi connectivity index (χ0n) is 14.5. The van der Waals surface area contributed by atoms with Gasteiger partial charge in [-0.3, -0.25) is 0 Å². The molecule has 7 heteroatoms. The minimum atomic E-state index is 0.336. The van der Waals surface area contributed by atoms with E-state index in [1.807, 2.05) is 0 Å². The first-order valence-electron chi connectivity index (χ1n) is 9.55. The third-order valence-corrected chi connectivity index (χ3v) is 5.66. The minimum absolute atomic E-state index is 0.336. The Morgan fingerprint density at radius 1 is 1.12 bits per heavy atom. The number of fused-ring (bicyclic) bond motifs is 1. The van der Waals surface area contributed by atoms with Crippen LogP contribution in [0.25, 0.3) is 0 Å². The van der Waals surface area contributed by atoms with E-state index in [1.165, 1.54) is 25.7 Å². The standard InChI is InChI=1S/C18H25N7/c19-13-7-12(8-13)14-9-15(22-18(21-14)11-4-5-11)20-10-17-24-23-16-3-1-2-6-25(16)17/h9,11-13H,1-8,10,19H2,(H,20,21,22). The topological polar surface area (TPSA) is 94.5 Å². The van der Waals surface area contributed by atoms with E-state index in [1.54, 1.807) is 0 Å². The van der Waals surface area contributed by atoms with Crippen LogP contribution in [0.5, 0.6) is 0 Å². The van der Waals surface area contributed by atoms with Crippen LogP contribution in [0.4, 0.5) is 5.82 Å². The van der Waals surface area contributed by atoms with Gasteiger partial charge in [-0.2, -0.15) is 0 Å². The predicted octanol–water partition coefficient (Wildman–Crippen LogP) is 2.10. The van der Waals surface area contributed by atoms with Crippen molar-refractivity contribution in [2.45, 2.75) is 75.9 Å². The second-order valence-electron chi connectivity index (χ2n) is 7.73. The summed E-state index contributed by atoms with van der Waals surface area (Å²) in [6.45, 7) is 1.69. The number of aryl methyl sites for hydroxylation is 1. The first kappa shape index (κ1) is 15.3. The van der Waals surface area contributed by atoms with Gasteiger partial charge >= 0.3 is 0 Å². The maximum atomic E-state index is 5.97. The molecule has 0 unspecified atom stereocenters. The number of nitrogens with zero attached hydrogens (tertiary/aromatic N) is 5. The minimum Gasteiger partial charge on any atom is -0.363 e. The second kappa shape index (κ2) is 6.05. The molecule has 0 amide bonds. The molecule has 25 heavy (non-hydrogen) atoms. The van der Waals surface area contributed by atoms with Gasteiger partial charge in [0.25, 0.3) is 0 Å². The lowest BCUT2D eigenvalue weighted by atomic mass is 9.78.